The highest BCUT2D eigenvalue weighted by molar-refractivity contribution is 5.16. The predicted molar refractivity (Wildman–Crippen MR) is 64.5 cm³/mol. The van der Waals surface area contributed by atoms with Gasteiger partial charge in [-0.3, -0.25) is 4.98 Å². The van der Waals surface area contributed by atoms with Crippen molar-refractivity contribution in [1.82, 2.24) is 9.88 Å². The van der Waals surface area contributed by atoms with Crippen LogP contribution >= 0.6 is 0 Å². The average molecular weight is 220 g/mol. The van der Waals surface area contributed by atoms with Gasteiger partial charge >= 0.3 is 0 Å². The highest BCUT2D eigenvalue weighted by Gasteiger charge is 2.27. The molecule has 16 heavy (non-hydrogen) atoms. The minimum atomic E-state index is 0.591. The summed E-state index contributed by atoms with van der Waals surface area (Å²) in [6.07, 6.45) is 4.95. The lowest BCUT2D eigenvalue weighted by molar-refractivity contribution is 0.0302. The van der Waals surface area contributed by atoms with E-state index < -0.39 is 0 Å². The van der Waals surface area contributed by atoms with E-state index in [2.05, 4.69) is 30.0 Å². The van der Waals surface area contributed by atoms with Gasteiger partial charge in [0.1, 0.15) is 0 Å². The number of hydrogen-bond donors (Lipinski definition) is 0. The standard InChI is InChI=1S/C13H20N2O/c1-15(2)9-12-10-16-7-5-13(12)11-4-3-6-14-8-11/h3-4,6,8,12-13H,5,7,9-10H2,1-2H3/t12-,13-/m1/s1. The van der Waals surface area contributed by atoms with Gasteiger partial charge in [-0.25, -0.2) is 0 Å². The van der Waals surface area contributed by atoms with Crippen LogP contribution in [-0.4, -0.2) is 43.7 Å². The summed E-state index contributed by atoms with van der Waals surface area (Å²) in [7, 11) is 4.24. The lowest BCUT2D eigenvalue weighted by Gasteiger charge is -2.33. The summed E-state index contributed by atoms with van der Waals surface area (Å²) in [6.45, 7) is 2.83. The van der Waals surface area contributed by atoms with E-state index in [4.69, 9.17) is 4.74 Å². The summed E-state index contributed by atoms with van der Waals surface area (Å²) in [6, 6.07) is 4.21. The van der Waals surface area contributed by atoms with Crippen molar-refractivity contribution in [2.75, 3.05) is 33.9 Å². The van der Waals surface area contributed by atoms with E-state index in [1.54, 1.807) is 0 Å². The Morgan fingerprint density at radius 1 is 1.50 bits per heavy atom. The molecular formula is C13H20N2O. The van der Waals surface area contributed by atoms with E-state index >= 15 is 0 Å². The SMILES string of the molecule is CN(C)C[C@@H]1COCC[C@@H]1c1cccnc1. The van der Waals surface area contributed by atoms with Crippen molar-refractivity contribution in [2.24, 2.45) is 5.92 Å². The molecule has 3 heteroatoms. The third kappa shape index (κ3) is 2.80. The molecule has 0 radical (unpaired) electrons. The van der Waals surface area contributed by atoms with E-state index in [0.717, 1.165) is 26.2 Å². The van der Waals surface area contributed by atoms with Gasteiger partial charge in [0.2, 0.25) is 0 Å². The topological polar surface area (TPSA) is 25.4 Å². The molecular weight excluding hydrogens is 200 g/mol. The van der Waals surface area contributed by atoms with Gasteiger partial charge in [0, 0.05) is 31.5 Å². The summed E-state index contributed by atoms with van der Waals surface area (Å²) < 4.78 is 5.59. The van der Waals surface area contributed by atoms with Crippen molar-refractivity contribution < 1.29 is 4.74 Å². The maximum absolute atomic E-state index is 5.59. The maximum Gasteiger partial charge on any atom is 0.0512 e. The van der Waals surface area contributed by atoms with Crippen LogP contribution < -0.4 is 0 Å². The smallest absolute Gasteiger partial charge is 0.0512 e. The molecule has 0 spiro atoms. The van der Waals surface area contributed by atoms with Crippen molar-refractivity contribution in [3.8, 4) is 0 Å². The number of hydrogen-bond acceptors (Lipinski definition) is 3. The Labute approximate surface area is 97.4 Å². The van der Waals surface area contributed by atoms with Crippen molar-refractivity contribution >= 4 is 0 Å². The maximum atomic E-state index is 5.59. The van der Waals surface area contributed by atoms with Gasteiger partial charge in [-0.15, -0.1) is 0 Å². The molecule has 1 saturated heterocycles. The minimum absolute atomic E-state index is 0.591. The Morgan fingerprint density at radius 2 is 2.38 bits per heavy atom. The molecule has 0 unspecified atom stereocenters. The minimum Gasteiger partial charge on any atom is -0.381 e. The van der Waals surface area contributed by atoms with Crippen LogP contribution in [0.15, 0.2) is 24.5 Å². The van der Waals surface area contributed by atoms with Crippen LogP contribution in [0.2, 0.25) is 0 Å². The quantitative estimate of drug-likeness (QED) is 0.776. The molecule has 2 heterocycles. The average Bonchev–Trinajstić information content (AvgIpc) is 2.30. The largest absolute Gasteiger partial charge is 0.381 e. The summed E-state index contributed by atoms with van der Waals surface area (Å²) in [5, 5.41) is 0. The number of aromatic nitrogens is 1. The normalized spacial score (nSPS) is 25.9. The summed E-state index contributed by atoms with van der Waals surface area (Å²) >= 11 is 0. The zero-order chi connectivity index (χ0) is 11.4. The lowest BCUT2D eigenvalue weighted by Crippen LogP contribution is -2.34. The van der Waals surface area contributed by atoms with E-state index in [1.165, 1.54) is 5.56 Å². The number of ether oxygens (including phenoxy) is 1. The summed E-state index contributed by atoms with van der Waals surface area (Å²) in [4.78, 5) is 6.46. The Morgan fingerprint density at radius 3 is 3.06 bits per heavy atom. The van der Waals surface area contributed by atoms with E-state index in [0.29, 0.717) is 11.8 Å². The van der Waals surface area contributed by atoms with Gasteiger partial charge in [-0.1, -0.05) is 6.07 Å². The summed E-state index contributed by atoms with van der Waals surface area (Å²) in [5.74, 6) is 1.19. The molecule has 0 bridgehead atoms. The van der Waals surface area contributed by atoms with Gasteiger partial charge in [0.15, 0.2) is 0 Å². The monoisotopic (exact) mass is 220 g/mol. The van der Waals surface area contributed by atoms with Gasteiger partial charge in [0.25, 0.3) is 0 Å². The molecule has 0 saturated carbocycles. The zero-order valence-corrected chi connectivity index (χ0v) is 10.1. The first-order valence-corrected chi connectivity index (χ1v) is 5.90. The first-order valence-electron chi connectivity index (χ1n) is 5.90. The Kier molecular flexibility index (Phi) is 3.91. The van der Waals surface area contributed by atoms with E-state index in [-0.39, 0.29) is 0 Å². The van der Waals surface area contributed by atoms with E-state index in [1.807, 2.05) is 18.5 Å². The molecule has 3 nitrogen and oxygen atoms in total. The third-order valence-corrected chi connectivity index (χ3v) is 3.19. The second kappa shape index (κ2) is 5.41. The van der Waals surface area contributed by atoms with Gasteiger partial charge in [-0.05, 0) is 38.1 Å². The third-order valence-electron chi connectivity index (χ3n) is 3.19. The van der Waals surface area contributed by atoms with Crippen molar-refractivity contribution in [2.45, 2.75) is 12.3 Å². The fraction of sp³-hybridized carbons (Fsp3) is 0.615. The molecule has 2 rings (SSSR count). The molecule has 1 aromatic rings. The predicted octanol–water partition coefficient (Wildman–Crippen LogP) is 1.76. The molecule has 0 aliphatic carbocycles. The highest BCUT2D eigenvalue weighted by Crippen LogP contribution is 2.31. The second-order valence-electron chi connectivity index (χ2n) is 4.78. The number of pyridine rings is 1. The summed E-state index contributed by atoms with van der Waals surface area (Å²) in [5.41, 5.74) is 1.36. The van der Waals surface area contributed by atoms with Crippen LogP contribution in [0.25, 0.3) is 0 Å². The van der Waals surface area contributed by atoms with E-state index in [9.17, 15) is 0 Å². The molecule has 0 amide bonds. The van der Waals surface area contributed by atoms with Crippen LogP contribution in [0.5, 0.6) is 0 Å². The van der Waals surface area contributed by atoms with Crippen molar-refractivity contribution in [1.29, 1.82) is 0 Å². The van der Waals surface area contributed by atoms with Crippen molar-refractivity contribution in [3.63, 3.8) is 0 Å². The molecule has 1 aliphatic rings. The molecule has 0 aromatic carbocycles. The van der Waals surface area contributed by atoms with Crippen LogP contribution in [0.1, 0.15) is 17.9 Å². The fourth-order valence-corrected chi connectivity index (χ4v) is 2.48. The fourth-order valence-electron chi connectivity index (χ4n) is 2.48. The molecule has 88 valence electrons. The van der Waals surface area contributed by atoms with Crippen LogP contribution in [0, 0.1) is 5.92 Å². The molecule has 1 fully saturated rings. The Balaban J connectivity index is 2.10. The lowest BCUT2D eigenvalue weighted by atomic mass is 9.83. The highest BCUT2D eigenvalue weighted by atomic mass is 16.5. The van der Waals surface area contributed by atoms with Gasteiger partial charge in [0.05, 0.1) is 6.61 Å². The van der Waals surface area contributed by atoms with Crippen molar-refractivity contribution in [3.05, 3.63) is 30.1 Å². The molecule has 2 atom stereocenters. The first kappa shape index (κ1) is 11.6. The van der Waals surface area contributed by atoms with Gasteiger partial charge < -0.3 is 9.64 Å². The molecule has 0 N–H and O–H groups in total. The molecule has 1 aliphatic heterocycles. The zero-order valence-electron chi connectivity index (χ0n) is 10.1. The van der Waals surface area contributed by atoms with Crippen LogP contribution in [0.4, 0.5) is 0 Å². The molecule has 1 aromatic heterocycles. The Bertz CT molecular complexity index is 313. The van der Waals surface area contributed by atoms with Crippen LogP contribution in [0.3, 0.4) is 0 Å². The second-order valence-corrected chi connectivity index (χ2v) is 4.78. The first-order chi connectivity index (χ1) is 7.77. The Hall–Kier alpha value is -0.930. The van der Waals surface area contributed by atoms with Crippen LogP contribution in [-0.2, 0) is 4.74 Å². The van der Waals surface area contributed by atoms with Gasteiger partial charge in [-0.2, -0.15) is 0 Å². The number of rotatable bonds is 3. The number of nitrogens with zero attached hydrogens (tertiary/aromatic N) is 2.